The zero-order valence-corrected chi connectivity index (χ0v) is 10.0. The van der Waals surface area contributed by atoms with E-state index in [0.29, 0.717) is 5.92 Å². The molecule has 2 aromatic rings. The first-order chi connectivity index (χ1) is 6.59. The van der Waals surface area contributed by atoms with Crippen LogP contribution in [0.25, 0.3) is 11.2 Å². The van der Waals surface area contributed by atoms with Gasteiger partial charge in [-0.1, -0.05) is 13.8 Å². The van der Waals surface area contributed by atoms with Gasteiger partial charge in [-0.05, 0) is 22.0 Å². The smallest absolute Gasteiger partial charge is 0.159 e. The first-order valence-corrected chi connectivity index (χ1v) is 5.36. The van der Waals surface area contributed by atoms with Gasteiger partial charge in [-0.15, -0.1) is 0 Å². The molecule has 14 heavy (non-hydrogen) atoms. The summed E-state index contributed by atoms with van der Waals surface area (Å²) in [7, 11) is 2.01. The van der Waals surface area contributed by atoms with Gasteiger partial charge in [-0.2, -0.15) is 0 Å². The fraction of sp³-hybridized carbons (Fsp3) is 0.400. The molecule has 0 saturated heterocycles. The number of hydrogen-bond donors (Lipinski definition) is 0. The number of imidazole rings is 1. The maximum absolute atomic E-state index is 4.54. The zero-order chi connectivity index (χ0) is 10.3. The first kappa shape index (κ1) is 9.65. The highest BCUT2D eigenvalue weighted by molar-refractivity contribution is 9.10. The summed E-state index contributed by atoms with van der Waals surface area (Å²) in [6.07, 6.45) is 1.80. The highest BCUT2D eigenvalue weighted by Gasteiger charge is 2.11. The molecule has 3 nitrogen and oxygen atoms in total. The minimum Gasteiger partial charge on any atom is -0.316 e. The van der Waals surface area contributed by atoms with Crippen molar-refractivity contribution in [2.24, 2.45) is 7.05 Å². The molecule has 0 saturated carbocycles. The van der Waals surface area contributed by atoms with Crippen LogP contribution in [-0.4, -0.2) is 14.5 Å². The summed E-state index contributed by atoms with van der Waals surface area (Å²) in [5.74, 6) is 1.50. The molecule has 4 heteroatoms. The normalized spacial score (nSPS) is 11.5. The summed E-state index contributed by atoms with van der Waals surface area (Å²) in [6, 6.07) is 1.99. The predicted molar refractivity (Wildman–Crippen MR) is 60.3 cm³/mol. The molecule has 0 unspecified atom stereocenters. The lowest BCUT2D eigenvalue weighted by Gasteiger charge is -2.03. The minimum absolute atomic E-state index is 0.424. The second kappa shape index (κ2) is 3.35. The van der Waals surface area contributed by atoms with Gasteiger partial charge >= 0.3 is 0 Å². The van der Waals surface area contributed by atoms with Gasteiger partial charge in [-0.3, -0.25) is 0 Å². The highest BCUT2D eigenvalue weighted by atomic mass is 79.9. The molecule has 0 spiro atoms. The van der Waals surface area contributed by atoms with Crippen LogP contribution in [0.2, 0.25) is 0 Å². The van der Waals surface area contributed by atoms with Crippen LogP contribution in [0.15, 0.2) is 16.7 Å². The molecule has 0 aliphatic carbocycles. The summed E-state index contributed by atoms with van der Waals surface area (Å²) in [5.41, 5.74) is 1.89. The third-order valence-electron chi connectivity index (χ3n) is 2.23. The van der Waals surface area contributed by atoms with Crippen LogP contribution < -0.4 is 0 Å². The molecule has 0 aliphatic rings. The topological polar surface area (TPSA) is 30.7 Å². The number of aromatic nitrogens is 3. The molecule has 0 bridgehead atoms. The third-order valence-corrected chi connectivity index (χ3v) is 2.66. The number of rotatable bonds is 1. The van der Waals surface area contributed by atoms with Gasteiger partial charge in [0.1, 0.15) is 11.3 Å². The summed E-state index contributed by atoms with van der Waals surface area (Å²) in [4.78, 5) is 8.88. The molecule has 74 valence electrons. The zero-order valence-electron chi connectivity index (χ0n) is 8.45. The Bertz CT molecular complexity index is 473. The molecule has 0 fully saturated rings. The van der Waals surface area contributed by atoms with E-state index in [1.165, 1.54) is 0 Å². The second-order valence-corrected chi connectivity index (χ2v) is 4.60. The van der Waals surface area contributed by atoms with Crippen molar-refractivity contribution < 1.29 is 0 Å². The number of fused-ring (bicyclic) bond motifs is 1. The molecule has 0 N–H and O–H groups in total. The molecule has 0 radical (unpaired) electrons. The molecule has 2 rings (SSSR count). The molecule has 0 aliphatic heterocycles. The number of halogens is 1. The minimum atomic E-state index is 0.424. The van der Waals surface area contributed by atoms with Crippen LogP contribution in [0.1, 0.15) is 25.6 Å². The number of hydrogen-bond acceptors (Lipinski definition) is 2. The van der Waals surface area contributed by atoms with Crippen LogP contribution in [-0.2, 0) is 7.05 Å². The van der Waals surface area contributed by atoms with Gasteiger partial charge in [0.2, 0.25) is 0 Å². The monoisotopic (exact) mass is 253 g/mol. The van der Waals surface area contributed by atoms with Gasteiger partial charge in [0.25, 0.3) is 0 Å². The quantitative estimate of drug-likeness (QED) is 0.783. The van der Waals surface area contributed by atoms with Crippen molar-refractivity contribution >= 4 is 27.1 Å². The van der Waals surface area contributed by atoms with Gasteiger partial charge in [0.15, 0.2) is 5.65 Å². The Hall–Kier alpha value is -0.900. The van der Waals surface area contributed by atoms with Crippen LogP contribution in [0.5, 0.6) is 0 Å². The first-order valence-electron chi connectivity index (χ1n) is 4.57. The van der Waals surface area contributed by atoms with E-state index >= 15 is 0 Å². The Morgan fingerprint density at radius 3 is 2.79 bits per heavy atom. The maximum Gasteiger partial charge on any atom is 0.159 e. The molecule has 0 amide bonds. The summed E-state index contributed by atoms with van der Waals surface area (Å²) < 4.78 is 3.02. The van der Waals surface area contributed by atoms with E-state index in [9.17, 15) is 0 Å². The van der Waals surface area contributed by atoms with E-state index in [1.54, 1.807) is 6.20 Å². The van der Waals surface area contributed by atoms with E-state index < -0.39 is 0 Å². The van der Waals surface area contributed by atoms with E-state index in [2.05, 4.69) is 39.7 Å². The van der Waals surface area contributed by atoms with Crippen molar-refractivity contribution in [1.82, 2.24) is 14.5 Å². The van der Waals surface area contributed by atoms with E-state index in [4.69, 9.17) is 0 Å². The van der Waals surface area contributed by atoms with E-state index in [-0.39, 0.29) is 0 Å². The number of nitrogens with zero attached hydrogens (tertiary/aromatic N) is 3. The van der Waals surface area contributed by atoms with E-state index in [0.717, 1.165) is 21.5 Å². The fourth-order valence-electron chi connectivity index (χ4n) is 1.59. The van der Waals surface area contributed by atoms with Gasteiger partial charge in [0, 0.05) is 23.6 Å². The van der Waals surface area contributed by atoms with Crippen molar-refractivity contribution in [2.75, 3.05) is 0 Å². The van der Waals surface area contributed by atoms with Crippen molar-refractivity contribution in [1.29, 1.82) is 0 Å². The molecule has 2 heterocycles. The Balaban J connectivity index is 2.73. The van der Waals surface area contributed by atoms with Crippen LogP contribution in [0.3, 0.4) is 0 Å². The van der Waals surface area contributed by atoms with Crippen molar-refractivity contribution in [3.05, 3.63) is 22.6 Å². The fourth-order valence-corrected chi connectivity index (χ4v) is 1.90. The average Bonchev–Trinajstić information content (AvgIpc) is 2.43. The SMILES string of the molecule is CC(C)c1nc2cc(Br)cnc2n1C. The Morgan fingerprint density at radius 2 is 2.14 bits per heavy atom. The number of pyridine rings is 1. The van der Waals surface area contributed by atoms with E-state index in [1.807, 2.05) is 17.7 Å². The maximum atomic E-state index is 4.54. The average molecular weight is 254 g/mol. The Kier molecular flexibility index (Phi) is 2.31. The molecular formula is C10H12BrN3. The third kappa shape index (κ3) is 1.43. The van der Waals surface area contributed by atoms with Crippen LogP contribution in [0, 0.1) is 0 Å². The predicted octanol–water partition coefficient (Wildman–Crippen LogP) is 2.85. The van der Waals surface area contributed by atoms with Gasteiger partial charge in [0.05, 0.1) is 0 Å². The molecule has 0 aromatic carbocycles. The molecular weight excluding hydrogens is 242 g/mol. The van der Waals surface area contributed by atoms with Crippen LogP contribution in [0.4, 0.5) is 0 Å². The summed E-state index contributed by atoms with van der Waals surface area (Å²) >= 11 is 3.39. The van der Waals surface area contributed by atoms with Gasteiger partial charge < -0.3 is 4.57 Å². The molecule has 2 aromatic heterocycles. The highest BCUT2D eigenvalue weighted by Crippen LogP contribution is 2.21. The lowest BCUT2D eigenvalue weighted by molar-refractivity contribution is 0.719. The standard InChI is InChI=1S/C10H12BrN3/c1-6(2)9-13-8-4-7(11)5-12-10(8)14(9)3/h4-6H,1-3H3. The van der Waals surface area contributed by atoms with Crippen LogP contribution >= 0.6 is 15.9 Å². The Labute approximate surface area is 91.3 Å². The lowest BCUT2D eigenvalue weighted by atomic mass is 10.2. The summed E-state index contributed by atoms with van der Waals surface area (Å²) in [5, 5.41) is 0. The van der Waals surface area contributed by atoms with Gasteiger partial charge in [-0.25, -0.2) is 9.97 Å². The second-order valence-electron chi connectivity index (χ2n) is 3.68. The number of aryl methyl sites for hydroxylation is 1. The molecule has 0 atom stereocenters. The largest absolute Gasteiger partial charge is 0.316 e. The summed E-state index contributed by atoms with van der Waals surface area (Å²) in [6.45, 7) is 4.27. The Morgan fingerprint density at radius 1 is 1.43 bits per heavy atom. The lowest BCUT2D eigenvalue weighted by Crippen LogP contribution is -1.99. The van der Waals surface area contributed by atoms with Crippen molar-refractivity contribution in [2.45, 2.75) is 19.8 Å². The van der Waals surface area contributed by atoms with Crippen molar-refractivity contribution in [3.8, 4) is 0 Å². The van der Waals surface area contributed by atoms with Crippen molar-refractivity contribution in [3.63, 3.8) is 0 Å².